The zero-order valence-electron chi connectivity index (χ0n) is 14.4. The van der Waals surface area contributed by atoms with Crippen LogP contribution in [0.3, 0.4) is 0 Å². The number of halogens is 1. The molecule has 0 unspecified atom stereocenters. The molecular weight excluding hydrogens is 358 g/mol. The SMILES string of the molecule is Cc1ccc(SCC(=O)OCC(=O)Nc2cc(Cl)ccc2C)c(C)c1. The zero-order chi connectivity index (χ0) is 18.4. The quantitative estimate of drug-likeness (QED) is 0.593. The zero-order valence-corrected chi connectivity index (χ0v) is 16.0. The average molecular weight is 378 g/mol. The summed E-state index contributed by atoms with van der Waals surface area (Å²) in [5.74, 6) is -0.661. The summed E-state index contributed by atoms with van der Waals surface area (Å²) < 4.78 is 5.03. The first-order valence-corrected chi connectivity index (χ1v) is 9.13. The molecule has 0 aromatic heterocycles. The Morgan fingerprint density at radius 1 is 1.08 bits per heavy atom. The third-order valence-electron chi connectivity index (χ3n) is 3.51. The van der Waals surface area contributed by atoms with Crippen LogP contribution in [0.5, 0.6) is 0 Å². The summed E-state index contributed by atoms with van der Waals surface area (Å²) >= 11 is 7.31. The average Bonchev–Trinajstić information content (AvgIpc) is 2.55. The maximum atomic E-state index is 11.9. The summed E-state index contributed by atoms with van der Waals surface area (Å²) in [4.78, 5) is 24.8. The second kappa shape index (κ2) is 8.92. The predicted molar refractivity (Wildman–Crippen MR) is 102 cm³/mol. The van der Waals surface area contributed by atoms with E-state index in [2.05, 4.69) is 11.4 Å². The molecule has 6 heteroatoms. The highest BCUT2D eigenvalue weighted by atomic mass is 35.5. The maximum absolute atomic E-state index is 11.9. The maximum Gasteiger partial charge on any atom is 0.316 e. The highest BCUT2D eigenvalue weighted by molar-refractivity contribution is 8.00. The molecule has 1 amide bonds. The summed E-state index contributed by atoms with van der Waals surface area (Å²) in [6.07, 6.45) is 0. The Labute approximate surface area is 156 Å². The van der Waals surface area contributed by atoms with Crippen molar-refractivity contribution in [2.75, 3.05) is 17.7 Å². The molecule has 0 aliphatic rings. The number of rotatable bonds is 6. The molecule has 132 valence electrons. The highest BCUT2D eigenvalue weighted by Gasteiger charge is 2.11. The van der Waals surface area contributed by atoms with Crippen LogP contribution < -0.4 is 5.32 Å². The minimum atomic E-state index is -0.428. The molecule has 0 radical (unpaired) electrons. The fourth-order valence-electron chi connectivity index (χ4n) is 2.20. The summed E-state index contributed by atoms with van der Waals surface area (Å²) in [7, 11) is 0. The van der Waals surface area contributed by atoms with E-state index >= 15 is 0 Å². The van der Waals surface area contributed by atoms with Crippen molar-refractivity contribution in [3.63, 3.8) is 0 Å². The van der Waals surface area contributed by atoms with Crippen LogP contribution in [0.2, 0.25) is 5.02 Å². The summed E-state index contributed by atoms with van der Waals surface area (Å²) in [6.45, 7) is 5.56. The second-order valence-electron chi connectivity index (χ2n) is 5.73. The van der Waals surface area contributed by atoms with Crippen LogP contribution in [0, 0.1) is 20.8 Å². The van der Waals surface area contributed by atoms with Gasteiger partial charge in [0.25, 0.3) is 5.91 Å². The Balaban J connectivity index is 1.79. The van der Waals surface area contributed by atoms with E-state index in [1.165, 1.54) is 17.3 Å². The van der Waals surface area contributed by atoms with Crippen molar-refractivity contribution in [3.05, 3.63) is 58.1 Å². The Hall–Kier alpha value is -1.98. The summed E-state index contributed by atoms with van der Waals surface area (Å²) in [6, 6.07) is 11.3. The van der Waals surface area contributed by atoms with Crippen LogP contribution in [0.15, 0.2) is 41.3 Å². The van der Waals surface area contributed by atoms with Gasteiger partial charge < -0.3 is 10.1 Å². The molecule has 0 bridgehead atoms. The predicted octanol–water partition coefficient (Wildman–Crippen LogP) is 4.54. The standard InChI is InChI=1S/C19H20ClNO3S/c1-12-4-7-17(14(3)8-12)25-11-19(23)24-10-18(22)21-16-9-15(20)6-5-13(16)2/h4-9H,10-11H2,1-3H3,(H,21,22). The van der Waals surface area contributed by atoms with Gasteiger partial charge in [-0.3, -0.25) is 9.59 Å². The van der Waals surface area contributed by atoms with Crippen LogP contribution in [0.1, 0.15) is 16.7 Å². The van der Waals surface area contributed by atoms with Gasteiger partial charge in [0.15, 0.2) is 6.61 Å². The molecule has 0 aliphatic carbocycles. The molecule has 0 spiro atoms. The van der Waals surface area contributed by atoms with Gasteiger partial charge in [-0.25, -0.2) is 0 Å². The lowest BCUT2D eigenvalue weighted by molar-refractivity contribution is -0.144. The third-order valence-corrected chi connectivity index (χ3v) is 4.90. The number of carbonyl (C=O) groups is 2. The molecule has 0 atom stereocenters. The van der Waals surface area contributed by atoms with E-state index in [0.717, 1.165) is 16.0 Å². The topological polar surface area (TPSA) is 55.4 Å². The highest BCUT2D eigenvalue weighted by Crippen LogP contribution is 2.23. The summed E-state index contributed by atoms with van der Waals surface area (Å²) in [5, 5.41) is 3.22. The van der Waals surface area contributed by atoms with Crippen molar-refractivity contribution in [2.45, 2.75) is 25.7 Å². The molecule has 2 rings (SSSR count). The normalized spacial score (nSPS) is 10.4. The Kier molecular flexibility index (Phi) is 6.91. The minimum Gasteiger partial charge on any atom is -0.455 e. The number of nitrogens with one attached hydrogen (secondary N) is 1. The molecule has 1 N–H and O–H groups in total. The van der Waals surface area contributed by atoms with Crippen molar-refractivity contribution in [1.82, 2.24) is 0 Å². The monoisotopic (exact) mass is 377 g/mol. The first-order valence-electron chi connectivity index (χ1n) is 7.77. The van der Waals surface area contributed by atoms with Crippen LogP contribution in [0.25, 0.3) is 0 Å². The second-order valence-corrected chi connectivity index (χ2v) is 7.18. The lowest BCUT2D eigenvalue weighted by Crippen LogP contribution is -2.22. The van der Waals surface area contributed by atoms with Crippen molar-refractivity contribution in [2.24, 2.45) is 0 Å². The van der Waals surface area contributed by atoms with E-state index in [0.29, 0.717) is 10.7 Å². The number of hydrogen-bond donors (Lipinski definition) is 1. The molecule has 0 aliphatic heterocycles. The van der Waals surface area contributed by atoms with E-state index < -0.39 is 11.9 Å². The lowest BCUT2D eigenvalue weighted by Gasteiger charge is -2.10. The first kappa shape index (κ1) is 19.3. The summed E-state index contributed by atoms with van der Waals surface area (Å²) in [5.41, 5.74) is 3.79. The van der Waals surface area contributed by atoms with Crippen molar-refractivity contribution in [3.8, 4) is 0 Å². The van der Waals surface area contributed by atoms with E-state index in [1.807, 2.05) is 39.0 Å². The van der Waals surface area contributed by atoms with Crippen molar-refractivity contribution < 1.29 is 14.3 Å². The Morgan fingerprint density at radius 3 is 2.56 bits per heavy atom. The number of thioether (sulfide) groups is 1. The number of benzene rings is 2. The number of hydrogen-bond acceptors (Lipinski definition) is 4. The van der Waals surface area contributed by atoms with Crippen LogP contribution in [0.4, 0.5) is 5.69 Å². The van der Waals surface area contributed by atoms with E-state index in [9.17, 15) is 9.59 Å². The first-order chi connectivity index (χ1) is 11.8. The molecule has 2 aromatic rings. The van der Waals surface area contributed by atoms with Gasteiger partial charge in [0.1, 0.15) is 0 Å². The number of carbonyl (C=O) groups excluding carboxylic acids is 2. The van der Waals surface area contributed by atoms with Crippen LogP contribution in [-0.2, 0) is 14.3 Å². The van der Waals surface area contributed by atoms with E-state index in [1.54, 1.807) is 12.1 Å². The fraction of sp³-hybridized carbons (Fsp3) is 0.263. The van der Waals surface area contributed by atoms with Gasteiger partial charge in [-0.05, 0) is 50.1 Å². The van der Waals surface area contributed by atoms with Gasteiger partial charge in [0.05, 0.1) is 5.75 Å². The van der Waals surface area contributed by atoms with Gasteiger partial charge >= 0.3 is 5.97 Å². The molecule has 0 fully saturated rings. The van der Waals surface area contributed by atoms with Gasteiger partial charge in [-0.1, -0.05) is 35.4 Å². The van der Waals surface area contributed by atoms with E-state index in [-0.39, 0.29) is 12.4 Å². The number of ether oxygens (including phenoxy) is 1. The molecule has 0 saturated carbocycles. The third kappa shape index (κ3) is 6.11. The number of anilines is 1. The fourth-order valence-corrected chi connectivity index (χ4v) is 3.18. The van der Waals surface area contributed by atoms with Crippen LogP contribution >= 0.6 is 23.4 Å². The van der Waals surface area contributed by atoms with Crippen molar-refractivity contribution in [1.29, 1.82) is 0 Å². The minimum absolute atomic E-state index is 0.160. The van der Waals surface area contributed by atoms with Gasteiger partial charge in [0.2, 0.25) is 0 Å². The van der Waals surface area contributed by atoms with Gasteiger partial charge in [0, 0.05) is 15.6 Å². The molecule has 2 aromatic carbocycles. The van der Waals surface area contributed by atoms with E-state index in [4.69, 9.17) is 16.3 Å². The Bertz CT molecular complexity index is 792. The Morgan fingerprint density at radius 2 is 1.84 bits per heavy atom. The van der Waals surface area contributed by atoms with Gasteiger partial charge in [-0.2, -0.15) is 0 Å². The smallest absolute Gasteiger partial charge is 0.316 e. The molecule has 25 heavy (non-hydrogen) atoms. The molecule has 0 heterocycles. The molecular formula is C19H20ClNO3S. The number of aryl methyl sites for hydroxylation is 3. The van der Waals surface area contributed by atoms with Crippen LogP contribution in [-0.4, -0.2) is 24.2 Å². The molecule has 4 nitrogen and oxygen atoms in total. The number of amides is 1. The molecule has 0 saturated heterocycles. The largest absolute Gasteiger partial charge is 0.455 e. The lowest BCUT2D eigenvalue weighted by atomic mass is 10.2. The van der Waals surface area contributed by atoms with Crippen molar-refractivity contribution >= 4 is 40.9 Å². The number of esters is 1. The van der Waals surface area contributed by atoms with Gasteiger partial charge in [-0.15, -0.1) is 11.8 Å².